The number of nitrogens with one attached hydrogen (secondary N) is 1. The van der Waals surface area contributed by atoms with Crippen molar-refractivity contribution < 1.29 is 27.1 Å². The van der Waals surface area contributed by atoms with E-state index in [1.807, 2.05) is 0 Å². The number of carbonyl (C=O) groups excluding carboxylic acids is 2. The molecule has 0 aliphatic rings. The average Bonchev–Trinajstić information content (AvgIpc) is 2.84. The van der Waals surface area contributed by atoms with E-state index in [1.165, 1.54) is 40.7 Å². The second-order valence-electron chi connectivity index (χ2n) is 7.45. The van der Waals surface area contributed by atoms with Crippen molar-refractivity contribution in [2.45, 2.75) is 24.8 Å². The average molecular weight is 485 g/mol. The van der Waals surface area contributed by atoms with Gasteiger partial charge in [-0.15, -0.1) is 0 Å². The Kier molecular flexibility index (Phi) is 8.01. The predicted molar refractivity (Wildman–Crippen MR) is 126 cm³/mol. The maximum Gasteiger partial charge on any atom is 0.338 e. The third-order valence-electron chi connectivity index (χ3n) is 5.09. The number of carbonyl (C=O) groups is 2. The molecule has 0 unspecified atom stereocenters. The number of sulfonamides is 1. The monoisotopic (exact) mass is 484 g/mol. The van der Waals surface area contributed by atoms with E-state index in [2.05, 4.69) is 5.32 Å². The van der Waals surface area contributed by atoms with Crippen molar-refractivity contribution in [2.24, 2.45) is 0 Å². The highest BCUT2D eigenvalue weighted by Crippen LogP contribution is 2.23. The number of nitrogens with zero attached hydrogens (tertiary/aromatic N) is 1. The Labute approximate surface area is 198 Å². The SMILES string of the molecule is CCN(c1ccccc1)S(=O)(=O)c1ccc(C(=O)OCC(=O)N[C@H](C)c2ccc(F)cc2)cc1. The van der Waals surface area contributed by atoms with Gasteiger partial charge in [-0.1, -0.05) is 30.3 Å². The number of para-hydroxylation sites is 1. The van der Waals surface area contributed by atoms with Gasteiger partial charge in [0, 0.05) is 6.54 Å². The molecule has 9 heteroatoms. The van der Waals surface area contributed by atoms with E-state index in [1.54, 1.807) is 56.3 Å². The first kappa shape index (κ1) is 24.9. The topological polar surface area (TPSA) is 92.8 Å². The molecule has 0 heterocycles. The van der Waals surface area contributed by atoms with Gasteiger partial charge in [-0.05, 0) is 67.9 Å². The maximum atomic E-state index is 13.0. The molecule has 1 amide bonds. The number of ether oxygens (including phenoxy) is 1. The maximum absolute atomic E-state index is 13.0. The van der Waals surface area contributed by atoms with Gasteiger partial charge in [-0.3, -0.25) is 9.10 Å². The minimum Gasteiger partial charge on any atom is -0.452 e. The molecule has 0 saturated heterocycles. The lowest BCUT2D eigenvalue weighted by Crippen LogP contribution is -2.31. The normalized spacial score (nSPS) is 12.0. The number of amides is 1. The lowest BCUT2D eigenvalue weighted by atomic mass is 10.1. The molecule has 1 atom stereocenters. The molecule has 0 bridgehead atoms. The molecule has 0 aliphatic heterocycles. The summed E-state index contributed by atoms with van der Waals surface area (Å²) in [7, 11) is -3.82. The number of esters is 1. The standard InChI is InChI=1S/C25H25FN2O5S/c1-3-28(22-7-5-4-6-8-22)34(31,32)23-15-11-20(12-16-23)25(30)33-17-24(29)27-18(2)19-9-13-21(26)14-10-19/h4-16,18H,3,17H2,1-2H3,(H,27,29)/t18-/m1/s1. The molecule has 3 aromatic carbocycles. The zero-order valence-electron chi connectivity index (χ0n) is 18.8. The minimum absolute atomic E-state index is 0.0284. The second-order valence-corrected chi connectivity index (χ2v) is 9.31. The van der Waals surface area contributed by atoms with E-state index < -0.39 is 34.5 Å². The third-order valence-corrected chi connectivity index (χ3v) is 7.01. The van der Waals surface area contributed by atoms with Crippen LogP contribution in [0, 0.1) is 5.82 Å². The first-order valence-electron chi connectivity index (χ1n) is 10.6. The lowest BCUT2D eigenvalue weighted by molar-refractivity contribution is -0.124. The van der Waals surface area contributed by atoms with E-state index in [4.69, 9.17) is 4.74 Å². The van der Waals surface area contributed by atoms with Crippen LogP contribution in [0.4, 0.5) is 10.1 Å². The van der Waals surface area contributed by atoms with Crippen molar-refractivity contribution in [1.29, 1.82) is 0 Å². The Morgan fingerprint density at radius 1 is 0.971 bits per heavy atom. The summed E-state index contributed by atoms with van der Waals surface area (Å²) in [5, 5.41) is 2.66. The van der Waals surface area contributed by atoms with E-state index in [0.29, 0.717) is 11.3 Å². The van der Waals surface area contributed by atoms with Crippen LogP contribution in [0.1, 0.15) is 35.8 Å². The van der Waals surface area contributed by atoms with Gasteiger partial charge in [0.25, 0.3) is 15.9 Å². The summed E-state index contributed by atoms with van der Waals surface area (Å²) in [6.07, 6.45) is 0. The van der Waals surface area contributed by atoms with E-state index >= 15 is 0 Å². The van der Waals surface area contributed by atoms with Crippen molar-refractivity contribution >= 4 is 27.6 Å². The summed E-state index contributed by atoms with van der Waals surface area (Å²) in [5.74, 6) is -1.66. The molecule has 0 spiro atoms. The second kappa shape index (κ2) is 10.9. The fourth-order valence-corrected chi connectivity index (χ4v) is 4.78. The predicted octanol–water partition coefficient (Wildman–Crippen LogP) is 4.08. The van der Waals surface area contributed by atoms with Crippen LogP contribution < -0.4 is 9.62 Å². The highest BCUT2D eigenvalue weighted by Gasteiger charge is 2.24. The highest BCUT2D eigenvalue weighted by molar-refractivity contribution is 7.92. The van der Waals surface area contributed by atoms with Gasteiger partial charge in [0.15, 0.2) is 6.61 Å². The quantitative estimate of drug-likeness (QED) is 0.462. The van der Waals surface area contributed by atoms with Crippen LogP contribution in [0.25, 0.3) is 0 Å². The molecule has 0 aliphatic carbocycles. The third kappa shape index (κ3) is 5.99. The van der Waals surface area contributed by atoms with Crippen molar-refractivity contribution in [1.82, 2.24) is 5.32 Å². The molecule has 0 saturated carbocycles. The Balaban J connectivity index is 1.60. The Morgan fingerprint density at radius 3 is 2.18 bits per heavy atom. The molecule has 0 aromatic heterocycles. The molecular formula is C25H25FN2O5S. The van der Waals surface area contributed by atoms with Gasteiger partial charge in [0.1, 0.15) is 5.82 Å². The Hall–Kier alpha value is -3.72. The van der Waals surface area contributed by atoms with Gasteiger partial charge >= 0.3 is 5.97 Å². The van der Waals surface area contributed by atoms with Crippen LogP contribution in [0.2, 0.25) is 0 Å². The number of hydrogen-bond donors (Lipinski definition) is 1. The van der Waals surface area contributed by atoms with Gasteiger partial charge < -0.3 is 10.1 Å². The summed E-state index contributed by atoms with van der Waals surface area (Å²) >= 11 is 0. The van der Waals surface area contributed by atoms with Gasteiger partial charge in [-0.25, -0.2) is 17.6 Å². The molecule has 34 heavy (non-hydrogen) atoms. The summed E-state index contributed by atoms with van der Waals surface area (Å²) in [6, 6.07) is 19.3. The summed E-state index contributed by atoms with van der Waals surface area (Å²) in [6.45, 7) is 3.18. The summed E-state index contributed by atoms with van der Waals surface area (Å²) in [4.78, 5) is 24.5. The zero-order valence-corrected chi connectivity index (χ0v) is 19.6. The first-order chi connectivity index (χ1) is 16.2. The fraction of sp³-hybridized carbons (Fsp3) is 0.200. The van der Waals surface area contributed by atoms with E-state index in [0.717, 1.165) is 0 Å². The van der Waals surface area contributed by atoms with Gasteiger partial charge in [0.2, 0.25) is 0 Å². The number of benzene rings is 3. The molecule has 7 nitrogen and oxygen atoms in total. The van der Waals surface area contributed by atoms with Crippen LogP contribution in [-0.4, -0.2) is 33.4 Å². The molecule has 1 N–H and O–H groups in total. The van der Waals surface area contributed by atoms with E-state index in [-0.39, 0.29) is 22.8 Å². The van der Waals surface area contributed by atoms with Gasteiger partial charge in [-0.2, -0.15) is 0 Å². The Bertz CT molecular complexity index is 1230. The number of hydrogen-bond acceptors (Lipinski definition) is 5. The van der Waals surface area contributed by atoms with Crippen molar-refractivity contribution in [3.63, 3.8) is 0 Å². The van der Waals surface area contributed by atoms with Gasteiger partial charge in [0.05, 0.1) is 22.2 Å². The van der Waals surface area contributed by atoms with Crippen LogP contribution in [0.15, 0.2) is 83.8 Å². The fourth-order valence-electron chi connectivity index (χ4n) is 3.31. The molecule has 3 rings (SSSR count). The molecule has 3 aromatic rings. The van der Waals surface area contributed by atoms with Crippen LogP contribution in [0.3, 0.4) is 0 Å². The van der Waals surface area contributed by atoms with E-state index in [9.17, 15) is 22.4 Å². The summed E-state index contributed by atoms with van der Waals surface area (Å²) in [5.41, 5.74) is 1.35. The smallest absolute Gasteiger partial charge is 0.338 e. The highest BCUT2D eigenvalue weighted by atomic mass is 32.2. The van der Waals surface area contributed by atoms with Crippen molar-refractivity contribution in [3.05, 3.63) is 95.8 Å². The molecule has 178 valence electrons. The molecule has 0 radical (unpaired) electrons. The Morgan fingerprint density at radius 2 is 1.59 bits per heavy atom. The number of halogens is 1. The summed E-state index contributed by atoms with van der Waals surface area (Å²) < 4.78 is 45.4. The van der Waals surface area contributed by atoms with Crippen molar-refractivity contribution in [2.75, 3.05) is 17.5 Å². The van der Waals surface area contributed by atoms with Crippen LogP contribution >= 0.6 is 0 Å². The number of rotatable bonds is 9. The van der Waals surface area contributed by atoms with Crippen LogP contribution in [0.5, 0.6) is 0 Å². The zero-order chi connectivity index (χ0) is 24.7. The number of anilines is 1. The molecular weight excluding hydrogens is 459 g/mol. The first-order valence-corrected chi connectivity index (χ1v) is 12.1. The minimum atomic E-state index is -3.82. The van der Waals surface area contributed by atoms with Crippen molar-refractivity contribution in [3.8, 4) is 0 Å². The van der Waals surface area contributed by atoms with Crippen LogP contribution in [-0.2, 0) is 19.6 Å². The lowest BCUT2D eigenvalue weighted by Gasteiger charge is -2.22. The largest absolute Gasteiger partial charge is 0.452 e. The molecule has 0 fully saturated rings.